The number of hydrogen-bond donors (Lipinski definition) is 0. The minimum atomic E-state index is 0.859. The molecular formula is C18H15I2NO. The van der Waals surface area contributed by atoms with Crippen molar-refractivity contribution in [3.8, 4) is 11.3 Å². The van der Waals surface area contributed by atoms with Crippen LogP contribution in [-0.2, 0) is 0 Å². The molecule has 0 N–H and O–H groups in total. The first kappa shape index (κ1) is 15.9. The zero-order chi connectivity index (χ0) is 15.5. The molecule has 0 fully saturated rings. The van der Waals surface area contributed by atoms with E-state index in [4.69, 9.17) is 4.42 Å². The molecule has 1 heterocycles. The van der Waals surface area contributed by atoms with Gasteiger partial charge in [-0.3, -0.25) is 0 Å². The van der Waals surface area contributed by atoms with Crippen LogP contribution < -0.4 is 4.90 Å². The van der Waals surface area contributed by atoms with Gasteiger partial charge in [-0.2, -0.15) is 0 Å². The van der Waals surface area contributed by atoms with Crippen molar-refractivity contribution in [1.82, 2.24) is 0 Å². The van der Waals surface area contributed by atoms with E-state index in [1.54, 1.807) is 0 Å². The first-order valence-electron chi connectivity index (χ1n) is 7.08. The molecule has 0 saturated heterocycles. The van der Waals surface area contributed by atoms with Crippen molar-refractivity contribution in [2.45, 2.75) is 6.92 Å². The topological polar surface area (TPSA) is 16.4 Å². The highest BCUT2D eigenvalue weighted by molar-refractivity contribution is 14.1. The number of hydrogen-bond acceptors (Lipinski definition) is 2. The molecule has 3 aromatic rings. The Balaban J connectivity index is 2.08. The lowest BCUT2D eigenvalue weighted by molar-refractivity contribution is 0.575. The van der Waals surface area contributed by atoms with E-state index in [1.807, 2.05) is 24.3 Å². The monoisotopic (exact) mass is 515 g/mol. The standard InChI is InChI=1S/C18H15I2NO/c1-2-21(14-11-7-4-8-12-14)18-16(20)15(19)17(22-18)13-9-5-3-6-10-13/h3-12H,2H2,1H3. The molecule has 112 valence electrons. The van der Waals surface area contributed by atoms with Crippen molar-refractivity contribution < 1.29 is 4.42 Å². The average molecular weight is 515 g/mol. The first-order chi connectivity index (χ1) is 10.7. The van der Waals surface area contributed by atoms with Gasteiger partial charge in [-0.05, 0) is 64.2 Å². The molecule has 0 aliphatic heterocycles. The summed E-state index contributed by atoms with van der Waals surface area (Å²) in [5.74, 6) is 1.85. The smallest absolute Gasteiger partial charge is 0.215 e. The van der Waals surface area contributed by atoms with E-state index in [1.165, 1.54) is 0 Å². The summed E-state index contributed by atoms with van der Waals surface area (Å²) in [6.45, 7) is 3.00. The molecule has 0 amide bonds. The third-order valence-electron chi connectivity index (χ3n) is 3.44. The number of para-hydroxylation sites is 1. The summed E-state index contributed by atoms with van der Waals surface area (Å²) >= 11 is 4.75. The second kappa shape index (κ2) is 7.04. The van der Waals surface area contributed by atoms with Gasteiger partial charge in [0.25, 0.3) is 0 Å². The van der Waals surface area contributed by atoms with Crippen molar-refractivity contribution in [1.29, 1.82) is 0 Å². The molecule has 0 spiro atoms. The van der Waals surface area contributed by atoms with Crippen LogP contribution in [0.2, 0.25) is 0 Å². The second-order valence-electron chi connectivity index (χ2n) is 4.81. The SMILES string of the molecule is CCN(c1ccccc1)c1oc(-c2ccccc2)c(I)c1I. The van der Waals surface area contributed by atoms with E-state index in [9.17, 15) is 0 Å². The van der Waals surface area contributed by atoms with Crippen LogP contribution in [0.5, 0.6) is 0 Å². The van der Waals surface area contributed by atoms with Crippen LogP contribution in [0, 0.1) is 7.14 Å². The van der Waals surface area contributed by atoms with E-state index in [0.717, 1.165) is 36.6 Å². The number of furan rings is 1. The van der Waals surface area contributed by atoms with Crippen LogP contribution >= 0.6 is 45.2 Å². The molecule has 2 nitrogen and oxygen atoms in total. The Labute approximate surface area is 157 Å². The van der Waals surface area contributed by atoms with Crippen molar-refractivity contribution >= 4 is 56.8 Å². The lowest BCUT2D eigenvalue weighted by Crippen LogP contribution is -2.16. The van der Waals surface area contributed by atoms with E-state index in [2.05, 4.69) is 93.4 Å². The third kappa shape index (κ3) is 3.03. The predicted molar refractivity (Wildman–Crippen MR) is 109 cm³/mol. The minimum Gasteiger partial charge on any atom is -0.438 e. The van der Waals surface area contributed by atoms with Crippen molar-refractivity contribution in [3.05, 3.63) is 67.8 Å². The number of halogens is 2. The summed E-state index contributed by atoms with van der Waals surface area (Å²) in [5.41, 5.74) is 2.26. The van der Waals surface area contributed by atoms with Gasteiger partial charge in [0, 0.05) is 17.8 Å². The van der Waals surface area contributed by atoms with Gasteiger partial charge in [-0.25, -0.2) is 0 Å². The molecule has 3 rings (SSSR count). The largest absolute Gasteiger partial charge is 0.438 e. The van der Waals surface area contributed by atoms with Gasteiger partial charge in [0.1, 0.15) is 0 Å². The van der Waals surface area contributed by atoms with Gasteiger partial charge in [-0.15, -0.1) is 0 Å². The highest BCUT2D eigenvalue weighted by Crippen LogP contribution is 2.40. The van der Waals surface area contributed by atoms with Crippen LogP contribution in [0.4, 0.5) is 11.6 Å². The van der Waals surface area contributed by atoms with Crippen LogP contribution in [0.1, 0.15) is 6.92 Å². The number of benzene rings is 2. The van der Waals surface area contributed by atoms with Gasteiger partial charge in [0.05, 0.1) is 7.14 Å². The zero-order valence-corrected chi connectivity index (χ0v) is 16.4. The molecular weight excluding hydrogens is 500 g/mol. The number of anilines is 2. The second-order valence-corrected chi connectivity index (χ2v) is 6.97. The van der Waals surface area contributed by atoms with E-state index in [-0.39, 0.29) is 0 Å². The number of nitrogens with zero attached hydrogens (tertiary/aromatic N) is 1. The van der Waals surface area contributed by atoms with Gasteiger partial charge in [-0.1, -0.05) is 48.5 Å². The normalized spacial score (nSPS) is 10.7. The van der Waals surface area contributed by atoms with Crippen molar-refractivity contribution in [2.24, 2.45) is 0 Å². The van der Waals surface area contributed by atoms with Crippen LogP contribution in [0.3, 0.4) is 0 Å². The maximum absolute atomic E-state index is 6.25. The summed E-state index contributed by atoms with van der Waals surface area (Å²) < 4.78 is 8.57. The maximum atomic E-state index is 6.25. The lowest BCUT2D eigenvalue weighted by Gasteiger charge is -2.20. The van der Waals surface area contributed by atoms with Crippen LogP contribution in [0.25, 0.3) is 11.3 Å². The summed E-state index contributed by atoms with van der Waals surface area (Å²) in [4.78, 5) is 2.20. The van der Waals surface area contributed by atoms with E-state index < -0.39 is 0 Å². The summed E-state index contributed by atoms with van der Waals surface area (Å²) in [7, 11) is 0. The summed E-state index contributed by atoms with van der Waals surface area (Å²) in [5, 5.41) is 0. The highest BCUT2D eigenvalue weighted by Gasteiger charge is 2.22. The highest BCUT2D eigenvalue weighted by atomic mass is 127. The van der Waals surface area contributed by atoms with Gasteiger partial charge in [0.2, 0.25) is 5.88 Å². The Bertz CT molecular complexity index is 754. The Morgan fingerprint density at radius 1 is 0.864 bits per heavy atom. The fraction of sp³-hybridized carbons (Fsp3) is 0.111. The Kier molecular flexibility index (Phi) is 5.07. The van der Waals surface area contributed by atoms with E-state index in [0.29, 0.717) is 0 Å². The molecule has 0 radical (unpaired) electrons. The molecule has 0 saturated carbocycles. The van der Waals surface area contributed by atoms with Crippen LogP contribution in [0.15, 0.2) is 65.1 Å². The van der Waals surface area contributed by atoms with Crippen LogP contribution in [-0.4, -0.2) is 6.54 Å². The number of rotatable bonds is 4. The van der Waals surface area contributed by atoms with Gasteiger partial charge in [0.15, 0.2) is 5.76 Å². The Hall–Kier alpha value is -1.02. The molecule has 0 atom stereocenters. The van der Waals surface area contributed by atoms with E-state index >= 15 is 0 Å². The Morgan fingerprint density at radius 2 is 1.45 bits per heavy atom. The molecule has 0 bridgehead atoms. The summed E-state index contributed by atoms with van der Waals surface area (Å²) in [6, 6.07) is 20.6. The van der Waals surface area contributed by atoms with Gasteiger partial charge < -0.3 is 9.32 Å². The van der Waals surface area contributed by atoms with Gasteiger partial charge >= 0.3 is 0 Å². The summed E-state index contributed by atoms with van der Waals surface area (Å²) in [6.07, 6.45) is 0. The maximum Gasteiger partial charge on any atom is 0.215 e. The van der Waals surface area contributed by atoms with Crippen molar-refractivity contribution in [3.63, 3.8) is 0 Å². The molecule has 2 aromatic carbocycles. The zero-order valence-electron chi connectivity index (χ0n) is 12.1. The Morgan fingerprint density at radius 3 is 2.05 bits per heavy atom. The fourth-order valence-electron chi connectivity index (χ4n) is 2.38. The predicted octanol–water partition coefficient (Wildman–Crippen LogP) is 6.31. The molecule has 0 unspecified atom stereocenters. The minimum absolute atomic E-state index is 0.859. The average Bonchev–Trinajstić information content (AvgIpc) is 2.86. The molecule has 0 aliphatic carbocycles. The van der Waals surface area contributed by atoms with Crippen molar-refractivity contribution in [2.75, 3.05) is 11.4 Å². The molecule has 0 aliphatic rings. The molecule has 4 heteroatoms. The first-order valence-corrected chi connectivity index (χ1v) is 9.24. The molecule has 1 aromatic heterocycles. The molecule has 22 heavy (non-hydrogen) atoms. The lowest BCUT2D eigenvalue weighted by atomic mass is 10.2. The quantitative estimate of drug-likeness (QED) is 0.379. The third-order valence-corrected chi connectivity index (χ3v) is 6.51. The fourth-order valence-corrected chi connectivity index (χ4v) is 3.68.